The molecule has 1 atom stereocenters. The summed E-state index contributed by atoms with van der Waals surface area (Å²) in [5, 5.41) is 2.93. The van der Waals surface area contributed by atoms with Gasteiger partial charge in [-0.2, -0.15) is 12.7 Å². The van der Waals surface area contributed by atoms with Crippen LogP contribution in [0.3, 0.4) is 0 Å². The van der Waals surface area contributed by atoms with Crippen LogP contribution < -0.4 is 9.62 Å². The summed E-state index contributed by atoms with van der Waals surface area (Å²) in [6.45, 7) is 5.92. The lowest BCUT2D eigenvalue weighted by molar-refractivity contribution is 0.0930. The first-order valence-corrected chi connectivity index (χ1v) is 10.8. The molecule has 0 aliphatic rings. The van der Waals surface area contributed by atoms with Gasteiger partial charge in [-0.3, -0.25) is 9.10 Å². The van der Waals surface area contributed by atoms with Crippen molar-refractivity contribution in [2.75, 3.05) is 18.4 Å². The topological polar surface area (TPSA) is 69.7 Å². The van der Waals surface area contributed by atoms with E-state index in [1.807, 2.05) is 20.8 Å². The molecule has 0 bridgehead atoms. The second kappa shape index (κ2) is 9.37. The van der Waals surface area contributed by atoms with E-state index in [0.717, 1.165) is 8.61 Å². The number of hydrogen-bond donors (Lipinski definition) is 1. The monoisotopic (exact) mass is 421 g/mol. The first kappa shape index (κ1) is 22.8. The van der Waals surface area contributed by atoms with E-state index >= 15 is 0 Å². The Morgan fingerprint density at radius 2 is 1.62 bits per heavy atom. The van der Waals surface area contributed by atoms with Crippen LogP contribution in [0.25, 0.3) is 0 Å². The Kier molecular flexibility index (Phi) is 7.37. The van der Waals surface area contributed by atoms with Crippen LogP contribution in [0.15, 0.2) is 48.5 Å². The number of rotatable bonds is 8. The Bertz CT molecular complexity index is 944. The Morgan fingerprint density at radius 1 is 1.03 bits per heavy atom. The maximum absolute atomic E-state index is 14.3. The largest absolute Gasteiger partial charge is 0.349 e. The highest BCUT2D eigenvalue weighted by Crippen LogP contribution is 2.25. The summed E-state index contributed by atoms with van der Waals surface area (Å²) in [7, 11) is -1.13. The van der Waals surface area contributed by atoms with Gasteiger partial charge in [-0.05, 0) is 42.7 Å². The van der Waals surface area contributed by atoms with Gasteiger partial charge in [-0.1, -0.05) is 38.1 Å². The lowest BCUT2D eigenvalue weighted by atomic mass is 10.1. The molecule has 1 amide bonds. The van der Waals surface area contributed by atoms with Crippen molar-refractivity contribution in [1.82, 2.24) is 9.62 Å². The number of para-hydroxylation sites is 1. The molecule has 2 aromatic rings. The average Bonchev–Trinajstić information content (AvgIpc) is 2.66. The van der Waals surface area contributed by atoms with Crippen molar-refractivity contribution >= 4 is 21.8 Å². The van der Waals surface area contributed by atoms with Crippen molar-refractivity contribution in [1.29, 1.82) is 0 Å². The normalized spacial score (nSPS) is 12.8. The van der Waals surface area contributed by atoms with Crippen LogP contribution in [0.2, 0.25) is 0 Å². The van der Waals surface area contributed by atoms with Gasteiger partial charge in [0, 0.05) is 25.7 Å². The standard InChI is InChI=1S/C21H28FN3O3S/c1-15(2)16(3)23-21(26)18-12-10-17(11-13-18)14-25(29(27,28)24(4)5)20-9-7-6-8-19(20)22/h6-13,15-16H,14H2,1-5H3,(H,23,26). The van der Waals surface area contributed by atoms with E-state index in [1.54, 1.807) is 30.3 Å². The molecular formula is C21H28FN3O3S. The zero-order valence-electron chi connectivity index (χ0n) is 17.4. The molecule has 2 aromatic carbocycles. The highest BCUT2D eigenvalue weighted by atomic mass is 32.2. The zero-order chi connectivity index (χ0) is 21.8. The van der Waals surface area contributed by atoms with Crippen LogP contribution in [0.5, 0.6) is 0 Å². The first-order valence-electron chi connectivity index (χ1n) is 9.38. The van der Waals surface area contributed by atoms with E-state index in [0.29, 0.717) is 17.0 Å². The van der Waals surface area contributed by atoms with Gasteiger partial charge in [-0.25, -0.2) is 4.39 Å². The fourth-order valence-electron chi connectivity index (χ4n) is 2.53. The molecule has 0 heterocycles. The first-order chi connectivity index (χ1) is 13.5. The number of nitrogens with one attached hydrogen (secondary N) is 1. The molecule has 0 saturated heterocycles. The van der Waals surface area contributed by atoms with Gasteiger partial charge in [0.05, 0.1) is 12.2 Å². The van der Waals surface area contributed by atoms with Crippen molar-refractivity contribution in [2.24, 2.45) is 5.92 Å². The molecule has 0 radical (unpaired) electrons. The third kappa shape index (κ3) is 5.55. The molecule has 1 N–H and O–H groups in total. The van der Waals surface area contributed by atoms with E-state index in [4.69, 9.17) is 0 Å². The number of anilines is 1. The van der Waals surface area contributed by atoms with Gasteiger partial charge in [0.25, 0.3) is 5.91 Å². The van der Waals surface area contributed by atoms with Gasteiger partial charge in [0.15, 0.2) is 0 Å². The fraction of sp³-hybridized carbons (Fsp3) is 0.381. The predicted octanol–water partition coefficient (Wildman–Crippen LogP) is 3.41. The van der Waals surface area contributed by atoms with Crippen LogP contribution >= 0.6 is 0 Å². The number of carbonyl (C=O) groups is 1. The van der Waals surface area contributed by atoms with Crippen molar-refractivity contribution in [2.45, 2.75) is 33.4 Å². The van der Waals surface area contributed by atoms with Crippen LogP contribution in [0.1, 0.15) is 36.7 Å². The molecule has 2 rings (SSSR count). The van der Waals surface area contributed by atoms with Gasteiger partial charge >= 0.3 is 10.2 Å². The SMILES string of the molecule is CC(C)C(C)NC(=O)c1ccc(CN(c2ccccc2F)S(=O)(=O)N(C)C)cc1. The molecule has 0 spiro atoms. The lowest BCUT2D eigenvalue weighted by Crippen LogP contribution is -2.40. The quantitative estimate of drug-likeness (QED) is 0.710. The summed E-state index contributed by atoms with van der Waals surface area (Å²) in [4.78, 5) is 12.3. The predicted molar refractivity (Wildman–Crippen MR) is 113 cm³/mol. The molecule has 0 aliphatic heterocycles. The van der Waals surface area contributed by atoms with E-state index < -0.39 is 16.0 Å². The number of amides is 1. The van der Waals surface area contributed by atoms with Crippen LogP contribution in [0.4, 0.5) is 10.1 Å². The second-order valence-corrected chi connectivity index (χ2v) is 9.52. The van der Waals surface area contributed by atoms with E-state index in [2.05, 4.69) is 5.32 Å². The van der Waals surface area contributed by atoms with E-state index in [1.165, 1.54) is 32.3 Å². The van der Waals surface area contributed by atoms with Gasteiger partial charge in [0.2, 0.25) is 0 Å². The Hall–Kier alpha value is -2.45. The third-order valence-corrected chi connectivity index (χ3v) is 6.57. The maximum Gasteiger partial charge on any atom is 0.303 e. The Balaban J connectivity index is 2.28. The summed E-state index contributed by atoms with van der Waals surface area (Å²) in [6.07, 6.45) is 0. The molecule has 158 valence electrons. The summed E-state index contributed by atoms with van der Waals surface area (Å²) in [5.74, 6) is -0.509. The van der Waals surface area contributed by atoms with Gasteiger partial charge in [0.1, 0.15) is 5.82 Å². The van der Waals surface area contributed by atoms with E-state index in [9.17, 15) is 17.6 Å². The number of benzene rings is 2. The minimum absolute atomic E-state index is 0.0314. The molecule has 6 nitrogen and oxygen atoms in total. The average molecular weight is 422 g/mol. The number of carbonyl (C=O) groups excluding carboxylic acids is 1. The minimum atomic E-state index is -3.92. The molecule has 0 fully saturated rings. The smallest absolute Gasteiger partial charge is 0.303 e. The molecule has 0 aromatic heterocycles. The van der Waals surface area contributed by atoms with Crippen molar-refractivity contribution in [3.05, 3.63) is 65.5 Å². The van der Waals surface area contributed by atoms with Crippen molar-refractivity contribution in [3.8, 4) is 0 Å². The zero-order valence-corrected chi connectivity index (χ0v) is 18.2. The lowest BCUT2D eigenvalue weighted by Gasteiger charge is -2.27. The Labute approximate surface area is 172 Å². The van der Waals surface area contributed by atoms with Crippen molar-refractivity contribution in [3.63, 3.8) is 0 Å². The van der Waals surface area contributed by atoms with Gasteiger partial charge in [-0.15, -0.1) is 0 Å². The maximum atomic E-state index is 14.3. The number of hydrogen-bond acceptors (Lipinski definition) is 3. The molecule has 8 heteroatoms. The second-order valence-electron chi connectivity index (χ2n) is 7.45. The molecule has 29 heavy (non-hydrogen) atoms. The molecule has 0 saturated carbocycles. The molecular weight excluding hydrogens is 393 g/mol. The number of halogens is 1. The van der Waals surface area contributed by atoms with Gasteiger partial charge < -0.3 is 5.32 Å². The third-order valence-electron chi connectivity index (χ3n) is 4.76. The summed E-state index contributed by atoms with van der Waals surface area (Å²) >= 11 is 0. The van der Waals surface area contributed by atoms with Crippen LogP contribution in [-0.2, 0) is 16.8 Å². The van der Waals surface area contributed by atoms with Crippen LogP contribution in [0, 0.1) is 11.7 Å². The van der Waals surface area contributed by atoms with Crippen LogP contribution in [-0.4, -0.2) is 38.8 Å². The fourth-order valence-corrected chi connectivity index (χ4v) is 3.63. The number of nitrogens with zero attached hydrogens (tertiary/aromatic N) is 2. The highest BCUT2D eigenvalue weighted by molar-refractivity contribution is 7.90. The minimum Gasteiger partial charge on any atom is -0.349 e. The summed E-state index contributed by atoms with van der Waals surface area (Å²) in [5.41, 5.74) is 1.08. The molecule has 1 unspecified atom stereocenters. The summed E-state index contributed by atoms with van der Waals surface area (Å²) < 4.78 is 41.9. The molecule has 0 aliphatic carbocycles. The summed E-state index contributed by atoms with van der Waals surface area (Å²) in [6, 6.07) is 12.4. The van der Waals surface area contributed by atoms with E-state index in [-0.39, 0.29) is 24.2 Å². The van der Waals surface area contributed by atoms with Crippen molar-refractivity contribution < 1.29 is 17.6 Å². The Morgan fingerprint density at radius 3 is 2.14 bits per heavy atom. The highest BCUT2D eigenvalue weighted by Gasteiger charge is 2.27.